The lowest BCUT2D eigenvalue weighted by molar-refractivity contribution is -0.149. The first kappa shape index (κ1) is 15.2. The molecule has 1 atom stereocenters. The van der Waals surface area contributed by atoms with E-state index in [0.29, 0.717) is 13.0 Å². The van der Waals surface area contributed by atoms with Gasteiger partial charge >= 0.3 is 5.97 Å². The van der Waals surface area contributed by atoms with Crippen molar-refractivity contribution in [3.8, 4) is 0 Å². The second kappa shape index (κ2) is 10.7. The Morgan fingerprint density at radius 1 is 1.25 bits per heavy atom. The first-order chi connectivity index (χ1) is 7.72. The van der Waals surface area contributed by atoms with Gasteiger partial charge < -0.3 is 9.84 Å². The molecule has 0 aliphatic heterocycles. The molecule has 0 spiro atoms. The summed E-state index contributed by atoms with van der Waals surface area (Å²) in [5, 5.41) is 8.72. The molecule has 0 heterocycles. The molecule has 94 valence electrons. The summed E-state index contributed by atoms with van der Waals surface area (Å²) in [7, 11) is 0. The van der Waals surface area contributed by atoms with Gasteiger partial charge in [-0.3, -0.25) is 0 Å². The van der Waals surface area contributed by atoms with Crippen LogP contribution < -0.4 is 0 Å². The highest BCUT2D eigenvalue weighted by atomic mass is 16.5. The van der Waals surface area contributed by atoms with Gasteiger partial charge in [-0.05, 0) is 19.3 Å². The summed E-state index contributed by atoms with van der Waals surface area (Å²) < 4.78 is 5.19. The predicted molar refractivity (Wildman–Crippen MR) is 65.6 cm³/mol. The van der Waals surface area contributed by atoms with E-state index < -0.39 is 12.1 Å². The zero-order chi connectivity index (χ0) is 12.2. The molecule has 0 aromatic carbocycles. The van der Waals surface area contributed by atoms with Gasteiger partial charge in [0.2, 0.25) is 0 Å². The number of allylic oxidation sites excluding steroid dienone is 1. The van der Waals surface area contributed by atoms with E-state index in [0.717, 1.165) is 6.42 Å². The van der Waals surface area contributed by atoms with Crippen molar-refractivity contribution in [2.45, 2.75) is 58.5 Å². The van der Waals surface area contributed by atoms with E-state index in [4.69, 9.17) is 9.84 Å². The van der Waals surface area contributed by atoms with Crippen LogP contribution in [-0.2, 0) is 9.53 Å². The van der Waals surface area contributed by atoms with Crippen molar-refractivity contribution in [2.75, 3.05) is 6.61 Å². The molecule has 0 aliphatic rings. The van der Waals surface area contributed by atoms with Crippen LogP contribution in [0.4, 0.5) is 0 Å². The maximum Gasteiger partial charge on any atom is 0.332 e. The SMILES string of the molecule is CCCCCC/C=C/COC(CC)C(=O)O. The summed E-state index contributed by atoms with van der Waals surface area (Å²) in [6.07, 6.45) is 9.93. The Kier molecular flexibility index (Phi) is 10.1. The monoisotopic (exact) mass is 228 g/mol. The summed E-state index contributed by atoms with van der Waals surface area (Å²) in [6.45, 7) is 4.41. The van der Waals surface area contributed by atoms with Crippen LogP contribution in [0.15, 0.2) is 12.2 Å². The third kappa shape index (κ3) is 8.48. The van der Waals surface area contributed by atoms with Gasteiger partial charge in [-0.15, -0.1) is 0 Å². The molecule has 3 heteroatoms. The molecule has 0 amide bonds. The molecule has 0 radical (unpaired) electrons. The average Bonchev–Trinajstić information content (AvgIpc) is 2.26. The van der Waals surface area contributed by atoms with Crippen molar-refractivity contribution in [3.63, 3.8) is 0 Å². The summed E-state index contributed by atoms with van der Waals surface area (Å²) in [4.78, 5) is 10.6. The van der Waals surface area contributed by atoms with E-state index >= 15 is 0 Å². The van der Waals surface area contributed by atoms with Crippen molar-refractivity contribution >= 4 is 5.97 Å². The van der Waals surface area contributed by atoms with E-state index in [1.807, 2.05) is 13.0 Å². The fourth-order valence-corrected chi connectivity index (χ4v) is 1.41. The molecule has 0 aliphatic carbocycles. The van der Waals surface area contributed by atoms with E-state index in [1.54, 1.807) is 0 Å². The fraction of sp³-hybridized carbons (Fsp3) is 0.769. The number of rotatable bonds is 10. The largest absolute Gasteiger partial charge is 0.479 e. The summed E-state index contributed by atoms with van der Waals surface area (Å²) in [5.74, 6) is -0.876. The van der Waals surface area contributed by atoms with Gasteiger partial charge in [0.25, 0.3) is 0 Å². The van der Waals surface area contributed by atoms with E-state index in [2.05, 4.69) is 13.0 Å². The van der Waals surface area contributed by atoms with E-state index in [9.17, 15) is 4.79 Å². The second-order valence-corrected chi connectivity index (χ2v) is 3.89. The highest BCUT2D eigenvalue weighted by molar-refractivity contribution is 5.72. The lowest BCUT2D eigenvalue weighted by Crippen LogP contribution is -2.22. The third-order valence-corrected chi connectivity index (χ3v) is 2.43. The number of ether oxygens (including phenoxy) is 1. The van der Waals surface area contributed by atoms with Crippen molar-refractivity contribution in [1.29, 1.82) is 0 Å². The van der Waals surface area contributed by atoms with Gasteiger partial charge in [0.05, 0.1) is 6.61 Å². The van der Waals surface area contributed by atoms with Crippen LogP contribution in [0.1, 0.15) is 52.4 Å². The summed E-state index contributed by atoms with van der Waals surface area (Å²) in [5.41, 5.74) is 0. The lowest BCUT2D eigenvalue weighted by Gasteiger charge is -2.08. The number of carboxylic acids is 1. The Morgan fingerprint density at radius 2 is 2.00 bits per heavy atom. The van der Waals surface area contributed by atoms with Gasteiger partial charge in [0.1, 0.15) is 0 Å². The maximum absolute atomic E-state index is 10.6. The molecular weight excluding hydrogens is 204 g/mol. The molecule has 0 rings (SSSR count). The molecule has 0 fully saturated rings. The molecular formula is C13H24O3. The summed E-state index contributed by atoms with van der Waals surface area (Å²) >= 11 is 0. The van der Waals surface area contributed by atoms with Crippen molar-refractivity contribution in [3.05, 3.63) is 12.2 Å². The molecule has 3 nitrogen and oxygen atoms in total. The maximum atomic E-state index is 10.6. The predicted octanol–water partition coefficient (Wildman–Crippen LogP) is 3.39. The van der Waals surface area contributed by atoms with Crippen LogP contribution in [0.5, 0.6) is 0 Å². The standard InChI is InChI=1S/C13H24O3/c1-3-5-6-7-8-9-10-11-16-12(4-2)13(14)15/h9-10,12H,3-8,11H2,1-2H3,(H,14,15)/b10-9+. The summed E-state index contributed by atoms with van der Waals surface area (Å²) in [6, 6.07) is 0. The second-order valence-electron chi connectivity index (χ2n) is 3.89. The highest BCUT2D eigenvalue weighted by Crippen LogP contribution is 2.03. The van der Waals surface area contributed by atoms with Gasteiger partial charge in [0, 0.05) is 0 Å². The minimum Gasteiger partial charge on any atom is -0.479 e. The van der Waals surface area contributed by atoms with Gasteiger partial charge in [0.15, 0.2) is 6.10 Å². The minimum absolute atomic E-state index is 0.401. The smallest absolute Gasteiger partial charge is 0.332 e. The number of aliphatic carboxylic acids is 1. The Bertz CT molecular complexity index is 199. The number of carboxylic acid groups (broad SMARTS) is 1. The van der Waals surface area contributed by atoms with Crippen LogP contribution in [0.3, 0.4) is 0 Å². The molecule has 0 aromatic rings. The van der Waals surface area contributed by atoms with Crippen LogP contribution in [0.25, 0.3) is 0 Å². The van der Waals surface area contributed by atoms with Crippen LogP contribution in [-0.4, -0.2) is 23.8 Å². The van der Waals surface area contributed by atoms with Crippen LogP contribution in [0, 0.1) is 0 Å². The molecule has 0 saturated heterocycles. The van der Waals surface area contributed by atoms with E-state index in [-0.39, 0.29) is 0 Å². The number of unbranched alkanes of at least 4 members (excludes halogenated alkanes) is 4. The Balaban J connectivity index is 3.42. The quantitative estimate of drug-likeness (QED) is 0.460. The number of carbonyl (C=O) groups is 1. The third-order valence-electron chi connectivity index (χ3n) is 2.43. The molecule has 16 heavy (non-hydrogen) atoms. The topological polar surface area (TPSA) is 46.5 Å². The van der Waals surface area contributed by atoms with Crippen LogP contribution >= 0.6 is 0 Å². The lowest BCUT2D eigenvalue weighted by atomic mass is 10.1. The van der Waals surface area contributed by atoms with Crippen molar-refractivity contribution in [1.82, 2.24) is 0 Å². The van der Waals surface area contributed by atoms with Gasteiger partial charge in [-0.2, -0.15) is 0 Å². The molecule has 0 saturated carbocycles. The molecule has 0 aromatic heterocycles. The minimum atomic E-state index is -0.876. The zero-order valence-corrected chi connectivity index (χ0v) is 10.4. The van der Waals surface area contributed by atoms with E-state index in [1.165, 1.54) is 25.7 Å². The highest BCUT2D eigenvalue weighted by Gasteiger charge is 2.13. The number of hydrogen-bond acceptors (Lipinski definition) is 2. The normalized spacial score (nSPS) is 13.1. The molecule has 0 bridgehead atoms. The Hall–Kier alpha value is -0.830. The van der Waals surface area contributed by atoms with Crippen molar-refractivity contribution in [2.24, 2.45) is 0 Å². The first-order valence-corrected chi connectivity index (χ1v) is 6.21. The Morgan fingerprint density at radius 3 is 2.56 bits per heavy atom. The van der Waals surface area contributed by atoms with Gasteiger partial charge in [-0.1, -0.05) is 45.3 Å². The number of hydrogen-bond donors (Lipinski definition) is 1. The average molecular weight is 228 g/mol. The fourth-order valence-electron chi connectivity index (χ4n) is 1.41. The molecule has 1 N–H and O–H groups in total. The first-order valence-electron chi connectivity index (χ1n) is 6.21. The molecule has 1 unspecified atom stereocenters. The van der Waals surface area contributed by atoms with Crippen molar-refractivity contribution < 1.29 is 14.6 Å². The van der Waals surface area contributed by atoms with Crippen LogP contribution in [0.2, 0.25) is 0 Å². The van der Waals surface area contributed by atoms with Gasteiger partial charge in [-0.25, -0.2) is 4.79 Å². The Labute approximate surface area is 98.5 Å². The zero-order valence-electron chi connectivity index (χ0n) is 10.4.